The molecule has 4 bridgehead atoms. The van der Waals surface area contributed by atoms with E-state index in [2.05, 4.69) is 27.5 Å². The number of H-pyrrole nitrogens is 1. The van der Waals surface area contributed by atoms with Crippen molar-refractivity contribution in [3.8, 4) is 6.07 Å². The van der Waals surface area contributed by atoms with Gasteiger partial charge in [0.2, 0.25) is 0 Å². The highest BCUT2D eigenvalue weighted by atomic mass is 16.1. The third-order valence-corrected chi connectivity index (χ3v) is 7.52. The Morgan fingerprint density at radius 1 is 1.28 bits per heavy atom. The number of rotatable bonds is 5. The summed E-state index contributed by atoms with van der Waals surface area (Å²) >= 11 is 0. The average Bonchev–Trinajstić information content (AvgIpc) is 3.15. The molecule has 6 nitrogen and oxygen atoms in total. The van der Waals surface area contributed by atoms with Crippen LogP contribution in [0.1, 0.15) is 45.4 Å². The minimum absolute atomic E-state index is 0.0986. The molecule has 0 radical (unpaired) electrons. The summed E-state index contributed by atoms with van der Waals surface area (Å²) in [6.45, 7) is 2.14. The quantitative estimate of drug-likeness (QED) is 0.530. The summed E-state index contributed by atoms with van der Waals surface area (Å²) in [7, 11) is 0. The maximum atomic E-state index is 12.8. The molecule has 1 amide bonds. The Kier molecular flexibility index (Phi) is 4.34. The number of nitrogens with zero attached hydrogens (tertiary/aromatic N) is 2. The fourth-order valence-corrected chi connectivity index (χ4v) is 6.46. The zero-order valence-corrected chi connectivity index (χ0v) is 16.7. The smallest absolute Gasteiger partial charge is 0.263 e. The second-order valence-electron chi connectivity index (χ2n) is 9.42. The van der Waals surface area contributed by atoms with Crippen LogP contribution in [0.4, 0.5) is 5.69 Å². The van der Waals surface area contributed by atoms with Gasteiger partial charge in [-0.15, -0.1) is 0 Å². The highest BCUT2D eigenvalue weighted by Crippen LogP contribution is 2.61. The van der Waals surface area contributed by atoms with Crippen LogP contribution >= 0.6 is 0 Å². The van der Waals surface area contributed by atoms with Gasteiger partial charge in [-0.25, -0.2) is 4.98 Å². The van der Waals surface area contributed by atoms with Gasteiger partial charge in [-0.3, -0.25) is 4.79 Å². The molecule has 4 aliphatic rings. The highest BCUT2D eigenvalue weighted by molar-refractivity contribution is 5.97. The van der Waals surface area contributed by atoms with Crippen LogP contribution < -0.4 is 10.6 Å². The first-order valence-electron chi connectivity index (χ1n) is 10.7. The van der Waals surface area contributed by atoms with Gasteiger partial charge in [0, 0.05) is 17.9 Å². The molecule has 1 unspecified atom stereocenters. The number of fused-ring (bicyclic) bond motifs is 1. The molecule has 1 aromatic heterocycles. The summed E-state index contributed by atoms with van der Waals surface area (Å²) in [5.41, 5.74) is 2.91. The van der Waals surface area contributed by atoms with Gasteiger partial charge in [-0.2, -0.15) is 5.26 Å². The van der Waals surface area contributed by atoms with Crippen molar-refractivity contribution >= 4 is 22.6 Å². The lowest BCUT2D eigenvalue weighted by Gasteiger charge is -2.59. The Bertz CT molecular complexity index is 978. The van der Waals surface area contributed by atoms with Crippen molar-refractivity contribution in [2.24, 2.45) is 23.2 Å². The number of benzene rings is 1. The zero-order valence-electron chi connectivity index (χ0n) is 16.7. The fourth-order valence-electron chi connectivity index (χ4n) is 6.46. The van der Waals surface area contributed by atoms with Gasteiger partial charge in [-0.05, 0) is 86.8 Å². The summed E-state index contributed by atoms with van der Waals surface area (Å²) in [4.78, 5) is 20.1. The van der Waals surface area contributed by atoms with E-state index in [1.54, 1.807) is 6.33 Å². The highest BCUT2D eigenvalue weighted by Gasteiger charge is 2.53. The van der Waals surface area contributed by atoms with Crippen LogP contribution in [-0.2, 0) is 4.79 Å². The topological polar surface area (TPSA) is 93.6 Å². The molecule has 0 saturated heterocycles. The molecular weight excluding hydrogens is 362 g/mol. The number of aromatic amines is 1. The molecule has 1 atom stereocenters. The van der Waals surface area contributed by atoms with Gasteiger partial charge in [0.05, 0.1) is 17.4 Å². The van der Waals surface area contributed by atoms with Crippen LogP contribution in [0.15, 0.2) is 36.3 Å². The molecule has 4 aliphatic carbocycles. The Morgan fingerprint density at radius 2 is 1.97 bits per heavy atom. The molecule has 29 heavy (non-hydrogen) atoms. The van der Waals surface area contributed by atoms with Crippen LogP contribution in [0.3, 0.4) is 0 Å². The lowest BCUT2D eigenvalue weighted by molar-refractivity contribution is -0.122. The summed E-state index contributed by atoms with van der Waals surface area (Å²) in [5, 5.41) is 15.8. The van der Waals surface area contributed by atoms with Crippen LogP contribution in [0, 0.1) is 34.5 Å². The molecule has 6 heteroatoms. The molecular formula is C23H27N5O. The molecule has 1 heterocycles. The standard InChI is InChI=1S/C23H27N5O/c1-14(23-8-15-4-16(9-23)6-17(5-15)10-23)28-22(29)18(11-24)12-25-19-2-3-20-21(7-19)27-13-26-20/h2-3,7,12-17,25H,4-6,8-10H2,1H3,(H,26,27)(H,28,29)/b18-12-. The van der Waals surface area contributed by atoms with Crippen molar-refractivity contribution < 1.29 is 4.79 Å². The lowest BCUT2D eigenvalue weighted by atomic mass is 9.48. The number of nitrogens with one attached hydrogen (secondary N) is 3. The average molecular weight is 390 g/mol. The molecule has 150 valence electrons. The molecule has 3 N–H and O–H groups in total. The van der Waals surface area contributed by atoms with E-state index in [-0.39, 0.29) is 22.9 Å². The molecule has 0 aliphatic heterocycles. The first kappa shape index (κ1) is 18.2. The number of amides is 1. The number of anilines is 1. The number of nitriles is 1. The molecule has 0 spiro atoms. The Hall–Kier alpha value is -2.81. The molecule has 6 rings (SSSR count). The molecule has 1 aromatic carbocycles. The largest absolute Gasteiger partial charge is 0.360 e. The second kappa shape index (κ2) is 6.91. The van der Waals surface area contributed by atoms with Crippen LogP contribution in [-0.4, -0.2) is 21.9 Å². The maximum absolute atomic E-state index is 12.8. The first-order valence-corrected chi connectivity index (χ1v) is 10.7. The fraction of sp³-hybridized carbons (Fsp3) is 0.522. The Balaban J connectivity index is 1.27. The number of imidazole rings is 1. The Morgan fingerprint density at radius 3 is 2.62 bits per heavy atom. The van der Waals surface area contributed by atoms with Crippen molar-refractivity contribution in [3.05, 3.63) is 36.3 Å². The predicted molar refractivity (Wildman–Crippen MR) is 112 cm³/mol. The Labute approximate surface area is 170 Å². The van der Waals surface area contributed by atoms with E-state index in [4.69, 9.17) is 0 Å². The molecule has 2 aromatic rings. The maximum Gasteiger partial charge on any atom is 0.263 e. The lowest BCUT2D eigenvalue weighted by Crippen LogP contribution is -2.56. The number of carbonyl (C=O) groups excluding carboxylic acids is 1. The van der Waals surface area contributed by atoms with E-state index >= 15 is 0 Å². The van der Waals surface area contributed by atoms with Gasteiger partial charge in [-0.1, -0.05) is 0 Å². The van der Waals surface area contributed by atoms with Gasteiger partial charge in [0.1, 0.15) is 11.6 Å². The van der Waals surface area contributed by atoms with Crippen LogP contribution in [0.5, 0.6) is 0 Å². The van der Waals surface area contributed by atoms with E-state index in [0.29, 0.717) is 0 Å². The van der Waals surface area contributed by atoms with E-state index in [1.807, 2.05) is 24.3 Å². The van der Waals surface area contributed by atoms with Gasteiger partial charge >= 0.3 is 0 Å². The summed E-state index contributed by atoms with van der Waals surface area (Å²) in [6.07, 6.45) is 11.0. The number of hydrogen-bond donors (Lipinski definition) is 3. The van der Waals surface area contributed by atoms with E-state index < -0.39 is 0 Å². The van der Waals surface area contributed by atoms with Crippen molar-refractivity contribution in [2.45, 2.75) is 51.5 Å². The van der Waals surface area contributed by atoms with Gasteiger partial charge < -0.3 is 15.6 Å². The van der Waals surface area contributed by atoms with Crippen molar-refractivity contribution in [1.82, 2.24) is 15.3 Å². The number of carbonyl (C=O) groups is 1. The number of aromatic nitrogens is 2. The van der Waals surface area contributed by atoms with Gasteiger partial charge in [0.15, 0.2) is 0 Å². The van der Waals surface area contributed by atoms with E-state index in [1.165, 1.54) is 44.7 Å². The van der Waals surface area contributed by atoms with E-state index in [9.17, 15) is 10.1 Å². The molecule has 4 fully saturated rings. The predicted octanol–water partition coefficient (Wildman–Crippen LogP) is 4.10. The summed E-state index contributed by atoms with van der Waals surface area (Å²) in [5.74, 6) is 2.23. The minimum Gasteiger partial charge on any atom is -0.360 e. The minimum atomic E-state index is -0.286. The van der Waals surface area contributed by atoms with Crippen molar-refractivity contribution in [2.75, 3.05) is 5.32 Å². The number of hydrogen-bond acceptors (Lipinski definition) is 4. The second-order valence-corrected chi connectivity index (χ2v) is 9.42. The monoisotopic (exact) mass is 389 g/mol. The van der Waals surface area contributed by atoms with Crippen molar-refractivity contribution in [1.29, 1.82) is 5.26 Å². The SMILES string of the molecule is CC(NC(=O)/C(C#N)=C\Nc1ccc2nc[nH]c2c1)C12CC3CC(CC(C3)C1)C2. The van der Waals surface area contributed by atoms with Crippen molar-refractivity contribution in [3.63, 3.8) is 0 Å². The normalized spacial score (nSPS) is 31.4. The van der Waals surface area contributed by atoms with E-state index in [0.717, 1.165) is 34.5 Å². The zero-order chi connectivity index (χ0) is 20.0. The third-order valence-electron chi connectivity index (χ3n) is 7.52. The van der Waals surface area contributed by atoms with Crippen LogP contribution in [0.2, 0.25) is 0 Å². The third kappa shape index (κ3) is 3.29. The first-order chi connectivity index (χ1) is 14.0. The van der Waals surface area contributed by atoms with Gasteiger partial charge in [0.25, 0.3) is 5.91 Å². The summed E-state index contributed by atoms with van der Waals surface area (Å²) < 4.78 is 0. The van der Waals surface area contributed by atoms with Crippen LogP contribution in [0.25, 0.3) is 11.0 Å². The summed E-state index contributed by atoms with van der Waals surface area (Å²) in [6, 6.07) is 7.83. The molecule has 4 saturated carbocycles.